The van der Waals surface area contributed by atoms with Crippen LogP contribution in [0.1, 0.15) is 0 Å². The van der Waals surface area contributed by atoms with Gasteiger partial charge in [0.1, 0.15) is 11.2 Å². The highest BCUT2D eigenvalue weighted by Gasteiger charge is 2.16. The molecule has 1 heterocycles. The van der Waals surface area contributed by atoms with E-state index >= 15 is 0 Å². The predicted molar refractivity (Wildman–Crippen MR) is 33.6 cm³/mol. The number of halogens is 1. The van der Waals surface area contributed by atoms with Gasteiger partial charge in [0.25, 0.3) is 0 Å². The van der Waals surface area contributed by atoms with E-state index in [1.54, 1.807) is 0 Å². The van der Waals surface area contributed by atoms with Gasteiger partial charge in [-0.25, -0.2) is 9.18 Å². The molecule has 0 saturated heterocycles. The van der Waals surface area contributed by atoms with Crippen molar-refractivity contribution in [3.63, 3.8) is 0 Å². The van der Waals surface area contributed by atoms with E-state index < -0.39 is 17.2 Å². The number of carbonyl (C=O) groups is 1. The Labute approximate surface area is 56.7 Å². The first-order valence-corrected chi connectivity index (χ1v) is 2.82. The summed E-state index contributed by atoms with van der Waals surface area (Å²) in [5.74, 6) is -0.488. The quantitative estimate of drug-likeness (QED) is 0.427. The van der Waals surface area contributed by atoms with Crippen LogP contribution in [-0.4, -0.2) is 11.4 Å². The Morgan fingerprint density at radius 2 is 2.44 bits per heavy atom. The van der Waals surface area contributed by atoms with Gasteiger partial charge in [0, 0.05) is 6.20 Å². The SMILES string of the molecule is O=C1NC=C(F)[C@@H](S)N1. The molecule has 5 heteroatoms. The molecule has 50 valence electrons. The summed E-state index contributed by atoms with van der Waals surface area (Å²) in [7, 11) is 0. The normalized spacial score (nSPS) is 26.2. The number of urea groups is 1. The minimum Gasteiger partial charge on any atom is -0.320 e. The summed E-state index contributed by atoms with van der Waals surface area (Å²) < 4.78 is 12.3. The Kier molecular flexibility index (Phi) is 1.61. The molecule has 1 atom stereocenters. The van der Waals surface area contributed by atoms with Crippen LogP contribution in [0.4, 0.5) is 9.18 Å². The predicted octanol–water partition coefficient (Wildman–Crippen LogP) is 0.366. The molecule has 0 spiro atoms. The van der Waals surface area contributed by atoms with Crippen LogP contribution >= 0.6 is 12.6 Å². The number of thiol groups is 1. The van der Waals surface area contributed by atoms with Crippen molar-refractivity contribution in [1.29, 1.82) is 0 Å². The summed E-state index contributed by atoms with van der Waals surface area (Å²) in [6.45, 7) is 0. The molecule has 1 rings (SSSR count). The second kappa shape index (κ2) is 2.26. The zero-order chi connectivity index (χ0) is 6.85. The lowest BCUT2D eigenvalue weighted by molar-refractivity contribution is 0.241. The highest BCUT2D eigenvalue weighted by molar-refractivity contribution is 7.81. The number of nitrogens with one attached hydrogen (secondary N) is 2. The van der Waals surface area contributed by atoms with Gasteiger partial charge < -0.3 is 10.6 Å². The van der Waals surface area contributed by atoms with Crippen molar-refractivity contribution in [2.45, 2.75) is 5.37 Å². The molecule has 9 heavy (non-hydrogen) atoms. The standard InChI is InChI=1S/C4H5FN2OS/c5-2-1-6-4(8)7-3(2)9/h1,3,9H,(H2,6,7,8)/t3-/m1/s1. The molecule has 0 aliphatic carbocycles. The van der Waals surface area contributed by atoms with Crippen LogP contribution in [0.25, 0.3) is 0 Å². The summed E-state index contributed by atoms with van der Waals surface area (Å²) in [6, 6.07) is -0.434. The van der Waals surface area contributed by atoms with Gasteiger partial charge in [0.2, 0.25) is 0 Å². The number of amides is 2. The second-order valence-corrected chi connectivity index (χ2v) is 2.07. The van der Waals surface area contributed by atoms with Gasteiger partial charge in [-0.15, -0.1) is 12.6 Å². The minimum atomic E-state index is -0.793. The van der Waals surface area contributed by atoms with Gasteiger partial charge in [0.15, 0.2) is 0 Å². The molecule has 3 nitrogen and oxygen atoms in total. The van der Waals surface area contributed by atoms with Crippen LogP contribution in [0.5, 0.6) is 0 Å². The number of hydrogen-bond acceptors (Lipinski definition) is 2. The Balaban J connectivity index is 2.67. The largest absolute Gasteiger partial charge is 0.320 e. The zero-order valence-electron chi connectivity index (χ0n) is 4.39. The molecule has 0 fully saturated rings. The Morgan fingerprint density at radius 1 is 1.78 bits per heavy atom. The van der Waals surface area contributed by atoms with Gasteiger partial charge in [-0.05, 0) is 0 Å². The Hall–Kier alpha value is -0.710. The molecule has 0 radical (unpaired) electrons. The third-order valence-corrected chi connectivity index (χ3v) is 1.25. The van der Waals surface area contributed by atoms with E-state index in [4.69, 9.17) is 0 Å². The minimum absolute atomic E-state index is 0.434. The Bertz CT molecular complexity index is 170. The van der Waals surface area contributed by atoms with Crippen molar-refractivity contribution in [1.82, 2.24) is 10.6 Å². The van der Waals surface area contributed by atoms with Gasteiger partial charge in [-0.1, -0.05) is 0 Å². The third-order valence-electron chi connectivity index (χ3n) is 0.870. The van der Waals surface area contributed by atoms with Gasteiger partial charge >= 0.3 is 6.03 Å². The highest BCUT2D eigenvalue weighted by atomic mass is 32.1. The maximum atomic E-state index is 12.3. The average Bonchev–Trinajstić information content (AvgIpc) is 1.80. The van der Waals surface area contributed by atoms with E-state index in [2.05, 4.69) is 23.3 Å². The van der Waals surface area contributed by atoms with Crippen LogP contribution in [0.2, 0.25) is 0 Å². The zero-order valence-corrected chi connectivity index (χ0v) is 5.28. The molecular weight excluding hydrogens is 143 g/mol. The monoisotopic (exact) mass is 148 g/mol. The maximum Gasteiger partial charge on any atom is 0.320 e. The fraction of sp³-hybridized carbons (Fsp3) is 0.250. The lowest BCUT2D eigenvalue weighted by atomic mass is 10.5. The fourth-order valence-corrected chi connectivity index (χ4v) is 0.640. The summed E-state index contributed by atoms with van der Waals surface area (Å²) in [5.41, 5.74) is 0. The van der Waals surface area contributed by atoms with Crippen molar-refractivity contribution in [2.24, 2.45) is 0 Å². The van der Waals surface area contributed by atoms with Crippen molar-refractivity contribution in [3.05, 3.63) is 12.0 Å². The first kappa shape index (κ1) is 6.41. The van der Waals surface area contributed by atoms with Gasteiger partial charge in [-0.3, -0.25) is 0 Å². The van der Waals surface area contributed by atoms with E-state index in [1.165, 1.54) is 0 Å². The number of carbonyl (C=O) groups excluding carboxylic acids is 1. The van der Waals surface area contributed by atoms with Crippen LogP contribution < -0.4 is 10.6 Å². The van der Waals surface area contributed by atoms with Crippen molar-refractivity contribution in [3.8, 4) is 0 Å². The van der Waals surface area contributed by atoms with Crippen LogP contribution in [0.3, 0.4) is 0 Å². The maximum absolute atomic E-state index is 12.3. The molecule has 0 aromatic rings. The van der Waals surface area contributed by atoms with Gasteiger partial charge in [-0.2, -0.15) is 0 Å². The number of rotatable bonds is 0. The molecular formula is C4H5FN2OS. The van der Waals surface area contributed by atoms with E-state index in [0.29, 0.717) is 0 Å². The molecule has 1 aliphatic heterocycles. The van der Waals surface area contributed by atoms with Gasteiger partial charge in [0.05, 0.1) is 0 Å². The lowest BCUT2D eigenvalue weighted by Crippen LogP contribution is -2.42. The summed E-state index contributed by atoms with van der Waals surface area (Å²) in [4.78, 5) is 10.3. The van der Waals surface area contributed by atoms with Crippen LogP contribution in [0, 0.1) is 0 Å². The van der Waals surface area contributed by atoms with E-state index in [1.807, 2.05) is 0 Å². The van der Waals surface area contributed by atoms with E-state index in [-0.39, 0.29) is 0 Å². The fourth-order valence-electron chi connectivity index (χ4n) is 0.448. The molecule has 0 aromatic heterocycles. The first-order chi connectivity index (χ1) is 4.20. The number of hydrogen-bond donors (Lipinski definition) is 3. The second-order valence-electron chi connectivity index (χ2n) is 1.55. The average molecular weight is 148 g/mol. The van der Waals surface area contributed by atoms with E-state index in [0.717, 1.165) is 6.20 Å². The first-order valence-electron chi connectivity index (χ1n) is 2.31. The summed E-state index contributed by atoms with van der Waals surface area (Å²) in [6.07, 6.45) is 0.983. The third kappa shape index (κ3) is 1.35. The molecule has 0 bridgehead atoms. The smallest absolute Gasteiger partial charge is 0.320 e. The molecule has 0 saturated carbocycles. The van der Waals surface area contributed by atoms with E-state index in [9.17, 15) is 9.18 Å². The molecule has 1 aliphatic rings. The molecule has 2 amide bonds. The molecule has 0 aromatic carbocycles. The van der Waals surface area contributed by atoms with Crippen LogP contribution in [0.15, 0.2) is 12.0 Å². The highest BCUT2D eigenvalue weighted by Crippen LogP contribution is 2.08. The van der Waals surface area contributed by atoms with Crippen LogP contribution in [-0.2, 0) is 0 Å². The molecule has 2 N–H and O–H groups in total. The molecule has 0 unspecified atom stereocenters. The topological polar surface area (TPSA) is 41.1 Å². The van der Waals surface area contributed by atoms with Crippen molar-refractivity contribution in [2.75, 3.05) is 0 Å². The summed E-state index contributed by atoms with van der Waals surface area (Å²) >= 11 is 3.70. The van der Waals surface area contributed by atoms with Crippen molar-refractivity contribution < 1.29 is 9.18 Å². The van der Waals surface area contributed by atoms with Crippen molar-refractivity contribution >= 4 is 18.7 Å². The lowest BCUT2D eigenvalue weighted by Gasteiger charge is -2.15. The summed E-state index contributed by atoms with van der Waals surface area (Å²) in [5, 5.41) is 3.53. The Morgan fingerprint density at radius 3 is 2.89 bits per heavy atom.